The third-order valence-electron chi connectivity index (χ3n) is 2.08. The van der Waals surface area contributed by atoms with E-state index in [2.05, 4.69) is 43.2 Å². The normalized spacial score (nSPS) is 10.6. The number of benzene rings is 1. The van der Waals surface area contributed by atoms with E-state index in [1.807, 2.05) is 12.1 Å². The lowest BCUT2D eigenvalue weighted by molar-refractivity contribution is 1.19. The molecule has 0 saturated carbocycles. The van der Waals surface area contributed by atoms with Crippen LogP contribution in [-0.4, -0.2) is 0 Å². The summed E-state index contributed by atoms with van der Waals surface area (Å²) in [6.07, 6.45) is 0. The molecule has 1 N–H and O–H groups in total. The Morgan fingerprint density at radius 3 is 2.47 bits per heavy atom. The quantitative estimate of drug-likeness (QED) is 0.630. The molecule has 0 spiro atoms. The number of halogens is 4. The molecule has 1 aromatic heterocycles. The number of anilines is 1. The van der Waals surface area contributed by atoms with Gasteiger partial charge in [-0.2, -0.15) is 0 Å². The van der Waals surface area contributed by atoms with Crippen LogP contribution in [0, 0.1) is 0 Å². The van der Waals surface area contributed by atoms with Crippen LogP contribution in [0.5, 0.6) is 0 Å². The molecule has 0 unspecified atom stereocenters. The molecule has 1 nitrogen and oxygen atoms in total. The molecule has 2 rings (SSSR count). The molecule has 0 aliphatic carbocycles. The number of rotatable bonds is 3. The predicted molar refractivity (Wildman–Crippen MR) is 83.5 cm³/mol. The maximum Gasteiger partial charge on any atom is 0.0843 e. The van der Waals surface area contributed by atoms with Gasteiger partial charge in [0.15, 0.2) is 0 Å². The second kappa shape index (κ2) is 5.93. The van der Waals surface area contributed by atoms with Crippen molar-refractivity contribution in [1.82, 2.24) is 0 Å². The van der Waals surface area contributed by atoms with Gasteiger partial charge in [0.1, 0.15) is 0 Å². The Morgan fingerprint density at radius 1 is 1.12 bits per heavy atom. The van der Waals surface area contributed by atoms with Gasteiger partial charge in [-0.05, 0) is 56.1 Å². The summed E-state index contributed by atoms with van der Waals surface area (Å²) >= 11 is 20.4. The number of nitrogens with one attached hydrogen (secondary N) is 1. The van der Waals surface area contributed by atoms with Gasteiger partial charge in [0, 0.05) is 21.6 Å². The van der Waals surface area contributed by atoms with Crippen molar-refractivity contribution in [2.75, 3.05) is 5.32 Å². The molecule has 0 radical (unpaired) electrons. The highest BCUT2D eigenvalue weighted by Gasteiger charge is 2.04. The van der Waals surface area contributed by atoms with Crippen LogP contribution in [0.3, 0.4) is 0 Å². The molecule has 0 bridgehead atoms. The minimum absolute atomic E-state index is 0.560. The molecule has 0 fully saturated rings. The Balaban J connectivity index is 2.04. The van der Waals surface area contributed by atoms with E-state index in [0.29, 0.717) is 10.0 Å². The topological polar surface area (TPSA) is 12.0 Å². The van der Waals surface area contributed by atoms with Crippen LogP contribution < -0.4 is 5.32 Å². The summed E-state index contributed by atoms with van der Waals surface area (Å²) in [5.41, 5.74) is 0.958. The fourth-order valence-corrected chi connectivity index (χ4v) is 3.69. The fraction of sp³-hybridized carbons (Fsp3) is 0.0909. The van der Waals surface area contributed by atoms with Gasteiger partial charge >= 0.3 is 0 Å². The van der Waals surface area contributed by atoms with E-state index in [9.17, 15) is 0 Å². The molecular weight excluding hydrogens is 409 g/mol. The summed E-state index contributed by atoms with van der Waals surface area (Å²) < 4.78 is 2.18. The lowest BCUT2D eigenvalue weighted by Crippen LogP contribution is -1.96. The van der Waals surface area contributed by atoms with E-state index in [1.165, 1.54) is 4.88 Å². The molecule has 0 aliphatic rings. The summed E-state index contributed by atoms with van der Waals surface area (Å²) in [5.74, 6) is 0. The van der Waals surface area contributed by atoms with Crippen LogP contribution >= 0.6 is 66.4 Å². The Hall–Kier alpha value is 0.260. The van der Waals surface area contributed by atoms with Crippen molar-refractivity contribution >= 4 is 72.1 Å². The van der Waals surface area contributed by atoms with Crippen LogP contribution in [-0.2, 0) is 6.54 Å². The SMILES string of the molecule is Clc1ccc(NCc2cc(Br)c(Br)s2)cc1Cl. The van der Waals surface area contributed by atoms with Crippen LogP contribution in [0.4, 0.5) is 5.69 Å². The summed E-state index contributed by atoms with van der Waals surface area (Å²) in [6.45, 7) is 0.757. The largest absolute Gasteiger partial charge is 0.380 e. The smallest absolute Gasteiger partial charge is 0.0843 e. The fourth-order valence-electron chi connectivity index (χ4n) is 1.27. The summed E-state index contributed by atoms with van der Waals surface area (Å²) in [4.78, 5) is 1.23. The van der Waals surface area contributed by atoms with E-state index in [-0.39, 0.29) is 0 Å². The van der Waals surface area contributed by atoms with Crippen LogP contribution in [0.2, 0.25) is 10.0 Å². The second-order valence-electron chi connectivity index (χ2n) is 3.32. The van der Waals surface area contributed by atoms with E-state index in [1.54, 1.807) is 17.4 Å². The minimum atomic E-state index is 0.560. The summed E-state index contributed by atoms with van der Waals surface area (Å²) in [5, 5.41) is 4.42. The molecule has 17 heavy (non-hydrogen) atoms. The second-order valence-corrected chi connectivity index (χ2v) is 7.44. The first kappa shape index (κ1) is 13.7. The highest BCUT2D eigenvalue weighted by Crippen LogP contribution is 2.33. The van der Waals surface area contributed by atoms with Gasteiger partial charge in [0.2, 0.25) is 0 Å². The van der Waals surface area contributed by atoms with Crippen molar-refractivity contribution in [3.63, 3.8) is 0 Å². The minimum Gasteiger partial charge on any atom is -0.380 e. The van der Waals surface area contributed by atoms with Gasteiger partial charge in [-0.15, -0.1) is 11.3 Å². The number of hydrogen-bond donors (Lipinski definition) is 1. The number of hydrogen-bond acceptors (Lipinski definition) is 2. The Kier molecular flexibility index (Phi) is 4.78. The average Bonchev–Trinajstić information content (AvgIpc) is 2.60. The molecule has 0 atom stereocenters. The molecule has 90 valence electrons. The van der Waals surface area contributed by atoms with Gasteiger partial charge in [0.05, 0.1) is 13.8 Å². The first-order chi connectivity index (χ1) is 8.06. The van der Waals surface area contributed by atoms with Gasteiger partial charge in [-0.25, -0.2) is 0 Å². The zero-order valence-electron chi connectivity index (χ0n) is 8.44. The van der Waals surface area contributed by atoms with Crippen molar-refractivity contribution in [1.29, 1.82) is 0 Å². The van der Waals surface area contributed by atoms with Crippen molar-refractivity contribution in [3.8, 4) is 0 Å². The van der Waals surface area contributed by atoms with Gasteiger partial charge in [0.25, 0.3) is 0 Å². The number of thiophene rings is 1. The highest BCUT2D eigenvalue weighted by molar-refractivity contribution is 9.13. The summed E-state index contributed by atoms with van der Waals surface area (Å²) in [6, 6.07) is 7.60. The van der Waals surface area contributed by atoms with E-state index < -0.39 is 0 Å². The third kappa shape index (κ3) is 3.61. The molecule has 0 saturated heterocycles. The Bertz CT molecular complexity index is 523. The lowest BCUT2D eigenvalue weighted by atomic mass is 10.3. The Morgan fingerprint density at radius 2 is 1.88 bits per heavy atom. The molecule has 1 heterocycles. The van der Waals surface area contributed by atoms with Crippen LogP contribution in [0.15, 0.2) is 32.5 Å². The third-order valence-corrected chi connectivity index (χ3v) is 6.08. The standard InChI is InChI=1S/C11H7Br2Cl2NS/c12-8-4-7(17-11(8)13)5-16-6-1-2-9(14)10(15)3-6/h1-4,16H,5H2. The van der Waals surface area contributed by atoms with Crippen molar-refractivity contribution in [2.45, 2.75) is 6.54 Å². The van der Waals surface area contributed by atoms with Crippen molar-refractivity contribution in [3.05, 3.63) is 47.4 Å². The van der Waals surface area contributed by atoms with Crippen LogP contribution in [0.1, 0.15) is 4.88 Å². The maximum atomic E-state index is 5.94. The first-order valence-corrected chi connectivity index (χ1v) is 7.85. The predicted octanol–water partition coefficient (Wildman–Crippen LogP) is 6.19. The monoisotopic (exact) mass is 413 g/mol. The highest BCUT2D eigenvalue weighted by atomic mass is 79.9. The first-order valence-electron chi connectivity index (χ1n) is 4.69. The molecular formula is C11H7Br2Cl2NS. The van der Waals surface area contributed by atoms with E-state index >= 15 is 0 Å². The lowest BCUT2D eigenvalue weighted by Gasteiger charge is -2.05. The zero-order valence-corrected chi connectivity index (χ0v) is 13.9. The molecule has 6 heteroatoms. The molecule has 2 aromatic rings. The molecule has 0 aliphatic heterocycles. The molecule has 1 aromatic carbocycles. The Labute approximate surface area is 130 Å². The van der Waals surface area contributed by atoms with Crippen LogP contribution in [0.25, 0.3) is 0 Å². The average molecular weight is 416 g/mol. The molecule has 0 amide bonds. The van der Waals surface area contributed by atoms with E-state index in [4.69, 9.17) is 23.2 Å². The van der Waals surface area contributed by atoms with Crippen molar-refractivity contribution in [2.24, 2.45) is 0 Å². The van der Waals surface area contributed by atoms with Gasteiger partial charge in [-0.3, -0.25) is 0 Å². The van der Waals surface area contributed by atoms with Gasteiger partial charge in [-0.1, -0.05) is 23.2 Å². The van der Waals surface area contributed by atoms with Crippen molar-refractivity contribution < 1.29 is 0 Å². The zero-order chi connectivity index (χ0) is 12.4. The van der Waals surface area contributed by atoms with E-state index in [0.717, 1.165) is 20.5 Å². The van der Waals surface area contributed by atoms with Gasteiger partial charge < -0.3 is 5.32 Å². The summed E-state index contributed by atoms with van der Waals surface area (Å²) in [7, 11) is 0. The maximum absolute atomic E-state index is 5.94.